The number of hydrogen-bond acceptors (Lipinski definition) is 1. The third-order valence-electron chi connectivity index (χ3n) is 4.52. The van der Waals surface area contributed by atoms with Crippen molar-refractivity contribution in [3.8, 4) is 0 Å². The molecule has 0 atom stereocenters. The molecule has 0 aliphatic rings. The van der Waals surface area contributed by atoms with Crippen LogP contribution in [0.5, 0.6) is 0 Å². The topological polar surface area (TPSA) is 37.3 Å². The van der Waals surface area contributed by atoms with E-state index in [9.17, 15) is 4.79 Å². The smallest absolute Gasteiger partial charge is 0.303 e. The van der Waals surface area contributed by atoms with Gasteiger partial charge in [0.05, 0.1) is 0 Å². The zero-order valence-corrected chi connectivity index (χ0v) is 13.5. The Morgan fingerprint density at radius 2 is 1.26 bits per heavy atom. The van der Waals surface area contributed by atoms with E-state index < -0.39 is 5.97 Å². The molecule has 0 saturated heterocycles. The van der Waals surface area contributed by atoms with Crippen LogP contribution in [0, 0.1) is 0 Å². The highest BCUT2D eigenvalue weighted by molar-refractivity contribution is 6.06. The highest BCUT2D eigenvalue weighted by Crippen LogP contribution is 2.34. The Morgan fingerprint density at radius 1 is 0.826 bits per heavy atom. The lowest BCUT2D eigenvalue weighted by molar-refractivity contribution is -0.136. The summed E-state index contributed by atoms with van der Waals surface area (Å²) < 4.78 is 0. The van der Waals surface area contributed by atoms with E-state index in [1.54, 1.807) is 0 Å². The maximum Gasteiger partial charge on any atom is 0.303 e. The van der Waals surface area contributed by atoms with E-state index in [1.807, 2.05) is 12.1 Å². The number of aliphatic carboxylic acids is 1. The Labute approximate surface area is 136 Å². The lowest BCUT2D eigenvalue weighted by Crippen LogP contribution is -2.01. The molecule has 3 aromatic carbocycles. The SMILES string of the molecule is CCCCc1c2ccccc2c(CCC(=O)O)c2ccccc12. The highest BCUT2D eigenvalue weighted by atomic mass is 16.4. The number of rotatable bonds is 6. The molecular formula is C21H22O2. The number of benzene rings is 3. The van der Waals surface area contributed by atoms with Gasteiger partial charge < -0.3 is 5.11 Å². The Kier molecular flexibility index (Phi) is 4.61. The van der Waals surface area contributed by atoms with Gasteiger partial charge in [-0.25, -0.2) is 0 Å². The van der Waals surface area contributed by atoms with Crippen molar-refractivity contribution in [3.63, 3.8) is 0 Å². The summed E-state index contributed by atoms with van der Waals surface area (Å²) in [6.45, 7) is 2.21. The van der Waals surface area contributed by atoms with Crippen molar-refractivity contribution in [2.45, 2.75) is 39.0 Å². The van der Waals surface area contributed by atoms with Crippen molar-refractivity contribution in [1.82, 2.24) is 0 Å². The second-order valence-electron chi connectivity index (χ2n) is 6.05. The summed E-state index contributed by atoms with van der Waals surface area (Å²) in [5, 5.41) is 14.1. The Balaban J connectivity index is 2.29. The van der Waals surface area contributed by atoms with Gasteiger partial charge in [-0.15, -0.1) is 0 Å². The summed E-state index contributed by atoms with van der Waals surface area (Å²) in [7, 11) is 0. The molecule has 0 amide bonds. The molecule has 0 saturated carbocycles. The van der Waals surface area contributed by atoms with Crippen molar-refractivity contribution in [1.29, 1.82) is 0 Å². The molecule has 23 heavy (non-hydrogen) atoms. The van der Waals surface area contributed by atoms with Gasteiger partial charge in [-0.2, -0.15) is 0 Å². The van der Waals surface area contributed by atoms with Crippen LogP contribution in [-0.4, -0.2) is 11.1 Å². The second kappa shape index (κ2) is 6.82. The molecule has 0 aromatic heterocycles. The average molecular weight is 306 g/mol. The molecule has 0 aliphatic carbocycles. The van der Waals surface area contributed by atoms with Crippen LogP contribution in [0.15, 0.2) is 48.5 Å². The summed E-state index contributed by atoms with van der Waals surface area (Å²) in [5.41, 5.74) is 2.57. The fraction of sp³-hybridized carbons (Fsp3) is 0.286. The monoisotopic (exact) mass is 306 g/mol. The van der Waals surface area contributed by atoms with Gasteiger partial charge in [0, 0.05) is 6.42 Å². The molecular weight excluding hydrogens is 284 g/mol. The maximum atomic E-state index is 11.1. The fourth-order valence-electron chi connectivity index (χ4n) is 3.43. The van der Waals surface area contributed by atoms with Gasteiger partial charge in [0.1, 0.15) is 0 Å². The minimum atomic E-state index is -0.742. The lowest BCUT2D eigenvalue weighted by Gasteiger charge is -2.16. The Morgan fingerprint density at radius 3 is 1.65 bits per heavy atom. The summed E-state index contributed by atoms with van der Waals surface area (Å²) in [4.78, 5) is 11.1. The predicted octanol–water partition coefficient (Wildman–Crippen LogP) is 5.35. The molecule has 0 fully saturated rings. The first-order chi connectivity index (χ1) is 11.2. The number of hydrogen-bond donors (Lipinski definition) is 1. The second-order valence-corrected chi connectivity index (χ2v) is 6.05. The molecule has 2 heteroatoms. The Hall–Kier alpha value is -2.35. The number of carbonyl (C=O) groups is 1. The molecule has 3 rings (SSSR count). The van der Waals surface area contributed by atoms with Crippen LogP contribution in [-0.2, 0) is 17.6 Å². The van der Waals surface area contributed by atoms with E-state index in [0.29, 0.717) is 6.42 Å². The van der Waals surface area contributed by atoms with Crippen LogP contribution in [0.1, 0.15) is 37.3 Å². The minimum Gasteiger partial charge on any atom is -0.481 e. The molecule has 2 nitrogen and oxygen atoms in total. The van der Waals surface area contributed by atoms with Gasteiger partial charge in [0.25, 0.3) is 0 Å². The van der Waals surface area contributed by atoms with E-state index in [4.69, 9.17) is 5.11 Å². The summed E-state index contributed by atoms with van der Waals surface area (Å²) in [5.74, 6) is -0.742. The maximum absolute atomic E-state index is 11.1. The van der Waals surface area contributed by atoms with Crippen LogP contribution in [0.25, 0.3) is 21.5 Å². The minimum absolute atomic E-state index is 0.169. The fourth-order valence-corrected chi connectivity index (χ4v) is 3.43. The third-order valence-corrected chi connectivity index (χ3v) is 4.52. The largest absolute Gasteiger partial charge is 0.481 e. The summed E-state index contributed by atoms with van der Waals surface area (Å²) in [6, 6.07) is 16.9. The van der Waals surface area contributed by atoms with E-state index in [1.165, 1.54) is 45.5 Å². The zero-order valence-electron chi connectivity index (χ0n) is 13.5. The van der Waals surface area contributed by atoms with Gasteiger partial charge in [0.2, 0.25) is 0 Å². The number of aryl methyl sites for hydroxylation is 2. The number of unbranched alkanes of at least 4 members (excludes halogenated alkanes) is 1. The van der Waals surface area contributed by atoms with Crippen molar-refractivity contribution >= 4 is 27.5 Å². The summed E-state index contributed by atoms with van der Waals surface area (Å²) in [6.07, 6.45) is 4.15. The van der Waals surface area contributed by atoms with Gasteiger partial charge in [-0.1, -0.05) is 61.9 Å². The zero-order chi connectivity index (χ0) is 16.2. The van der Waals surface area contributed by atoms with Crippen LogP contribution < -0.4 is 0 Å². The van der Waals surface area contributed by atoms with Gasteiger partial charge >= 0.3 is 5.97 Å². The standard InChI is InChI=1S/C21H22O2/c1-2-3-8-15-16-9-4-6-11-18(16)20(13-14-21(22)23)19-12-7-5-10-17(15)19/h4-7,9-12H,2-3,8,13-14H2,1H3,(H,22,23). The molecule has 118 valence electrons. The highest BCUT2D eigenvalue weighted by Gasteiger charge is 2.13. The van der Waals surface area contributed by atoms with Gasteiger partial charge in [0.15, 0.2) is 0 Å². The Bertz CT molecular complexity index is 792. The van der Waals surface area contributed by atoms with Crippen molar-refractivity contribution in [2.24, 2.45) is 0 Å². The third kappa shape index (κ3) is 3.07. The van der Waals surface area contributed by atoms with E-state index in [-0.39, 0.29) is 6.42 Å². The van der Waals surface area contributed by atoms with Gasteiger partial charge in [-0.05, 0) is 51.9 Å². The van der Waals surface area contributed by atoms with E-state index in [0.717, 1.165) is 6.42 Å². The molecule has 0 unspecified atom stereocenters. The molecule has 1 N–H and O–H groups in total. The first kappa shape index (κ1) is 15.5. The van der Waals surface area contributed by atoms with Gasteiger partial charge in [-0.3, -0.25) is 4.79 Å². The number of carboxylic acids is 1. The predicted molar refractivity (Wildman–Crippen MR) is 96.0 cm³/mol. The number of carboxylic acid groups (broad SMARTS) is 1. The molecule has 0 heterocycles. The van der Waals surface area contributed by atoms with Crippen LogP contribution in [0.3, 0.4) is 0 Å². The van der Waals surface area contributed by atoms with Crippen molar-refractivity contribution in [2.75, 3.05) is 0 Å². The molecule has 3 aromatic rings. The first-order valence-electron chi connectivity index (χ1n) is 8.35. The molecule has 0 bridgehead atoms. The quantitative estimate of drug-likeness (QED) is 0.623. The average Bonchev–Trinajstić information content (AvgIpc) is 2.57. The van der Waals surface area contributed by atoms with E-state index in [2.05, 4.69) is 43.3 Å². The van der Waals surface area contributed by atoms with Crippen LogP contribution in [0.2, 0.25) is 0 Å². The normalized spacial score (nSPS) is 11.2. The lowest BCUT2D eigenvalue weighted by atomic mass is 9.88. The summed E-state index contributed by atoms with van der Waals surface area (Å²) >= 11 is 0. The first-order valence-corrected chi connectivity index (χ1v) is 8.35. The molecule has 0 aliphatic heterocycles. The molecule has 0 spiro atoms. The van der Waals surface area contributed by atoms with Crippen LogP contribution >= 0.6 is 0 Å². The van der Waals surface area contributed by atoms with Crippen molar-refractivity contribution < 1.29 is 9.90 Å². The van der Waals surface area contributed by atoms with Crippen molar-refractivity contribution in [3.05, 3.63) is 59.7 Å². The van der Waals surface area contributed by atoms with Crippen LogP contribution in [0.4, 0.5) is 0 Å². The molecule has 0 radical (unpaired) electrons. The number of fused-ring (bicyclic) bond motifs is 2. The van der Waals surface area contributed by atoms with E-state index >= 15 is 0 Å².